The first kappa shape index (κ1) is 10.3. The van der Waals surface area contributed by atoms with E-state index in [1.54, 1.807) is 0 Å². The Labute approximate surface area is 67.4 Å². The lowest BCUT2D eigenvalue weighted by Crippen LogP contribution is -2.21. The van der Waals surface area contributed by atoms with Crippen molar-refractivity contribution in [2.75, 3.05) is 26.0 Å². The van der Waals surface area contributed by atoms with E-state index in [2.05, 4.69) is 18.5 Å². The van der Waals surface area contributed by atoms with Crippen LogP contribution in [0.15, 0.2) is 0 Å². The topological polar surface area (TPSA) is 32.3 Å². The molecule has 0 aliphatic heterocycles. The van der Waals surface area contributed by atoms with Gasteiger partial charge in [-0.2, -0.15) is 11.8 Å². The molecule has 0 aromatic carbocycles. The average Bonchev–Trinajstić information content (AvgIpc) is 1.98. The second-order valence-electron chi connectivity index (χ2n) is 2.31. The summed E-state index contributed by atoms with van der Waals surface area (Å²) in [5, 5.41) is 12.3. The van der Waals surface area contributed by atoms with Crippen molar-refractivity contribution in [1.29, 1.82) is 0 Å². The largest absolute Gasteiger partial charge is 0.395 e. The van der Waals surface area contributed by atoms with E-state index >= 15 is 0 Å². The Morgan fingerprint density at radius 2 is 2.20 bits per heavy atom. The van der Waals surface area contributed by atoms with Crippen LogP contribution in [0.4, 0.5) is 0 Å². The summed E-state index contributed by atoms with van der Waals surface area (Å²) < 4.78 is 0. The van der Waals surface area contributed by atoms with Gasteiger partial charge in [-0.05, 0) is 19.2 Å². The Hall–Kier alpha value is 0.270. The monoisotopic (exact) mass is 163 g/mol. The van der Waals surface area contributed by atoms with Gasteiger partial charge >= 0.3 is 0 Å². The van der Waals surface area contributed by atoms with Crippen LogP contribution >= 0.6 is 11.8 Å². The summed E-state index contributed by atoms with van der Waals surface area (Å²) in [5.41, 5.74) is 0. The van der Waals surface area contributed by atoms with Crippen molar-refractivity contribution in [2.24, 2.45) is 0 Å². The highest BCUT2D eigenvalue weighted by Gasteiger charge is 1.96. The predicted octanol–water partition coefficient (Wildman–Crippen LogP) is 0.710. The molecule has 3 heteroatoms. The maximum absolute atomic E-state index is 8.42. The summed E-state index contributed by atoms with van der Waals surface area (Å²) in [4.78, 5) is 0. The molecule has 62 valence electrons. The highest BCUT2D eigenvalue weighted by atomic mass is 32.2. The van der Waals surface area contributed by atoms with E-state index in [0.29, 0.717) is 0 Å². The van der Waals surface area contributed by atoms with Crippen LogP contribution in [-0.2, 0) is 0 Å². The third-order valence-corrected chi connectivity index (χ3v) is 2.46. The van der Waals surface area contributed by atoms with Gasteiger partial charge < -0.3 is 10.4 Å². The summed E-state index contributed by atoms with van der Waals surface area (Å²) in [7, 11) is 0. The van der Waals surface area contributed by atoms with Gasteiger partial charge in [-0.1, -0.05) is 6.92 Å². The molecule has 0 aliphatic rings. The van der Waals surface area contributed by atoms with E-state index < -0.39 is 0 Å². The highest BCUT2D eigenvalue weighted by molar-refractivity contribution is 7.99. The molecule has 10 heavy (non-hydrogen) atoms. The van der Waals surface area contributed by atoms with Crippen molar-refractivity contribution in [3.63, 3.8) is 0 Å². The van der Waals surface area contributed by atoms with Crippen molar-refractivity contribution in [1.82, 2.24) is 5.32 Å². The van der Waals surface area contributed by atoms with Crippen LogP contribution in [0.2, 0.25) is 0 Å². The van der Waals surface area contributed by atoms with Crippen LogP contribution < -0.4 is 5.32 Å². The van der Waals surface area contributed by atoms with Gasteiger partial charge in [-0.15, -0.1) is 0 Å². The molecule has 1 atom stereocenters. The van der Waals surface area contributed by atoms with E-state index in [1.165, 1.54) is 6.42 Å². The third kappa shape index (κ3) is 6.39. The molecule has 0 saturated heterocycles. The Bertz CT molecular complexity index is 70.6. The van der Waals surface area contributed by atoms with Gasteiger partial charge in [-0.25, -0.2) is 0 Å². The van der Waals surface area contributed by atoms with Gasteiger partial charge in [0, 0.05) is 11.8 Å². The number of thioether (sulfide) groups is 1. The van der Waals surface area contributed by atoms with Crippen LogP contribution in [0.1, 0.15) is 13.3 Å². The number of aliphatic hydroxyl groups excluding tert-OH is 1. The second kappa shape index (κ2) is 7.38. The summed E-state index contributed by atoms with van der Waals surface area (Å²) in [6, 6.07) is 0. The predicted molar refractivity (Wildman–Crippen MR) is 47.5 cm³/mol. The van der Waals surface area contributed by atoms with Gasteiger partial charge in [-0.3, -0.25) is 0 Å². The second-order valence-corrected chi connectivity index (χ2v) is 3.58. The molecular weight excluding hydrogens is 146 g/mol. The Balaban J connectivity index is 2.89. The van der Waals surface area contributed by atoms with E-state index in [9.17, 15) is 0 Å². The lowest BCUT2D eigenvalue weighted by molar-refractivity contribution is 0.292. The van der Waals surface area contributed by atoms with Crippen molar-refractivity contribution in [3.8, 4) is 0 Å². The zero-order valence-corrected chi connectivity index (χ0v) is 7.58. The fourth-order valence-corrected chi connectivity index (χ4v) is 0.981. The van der Waals surface area contributed by atoms with Gasteiger partial charge in [0.2, 0.25) is 0 Å². The molecule has 0 bridgehead atoms. The van der Waals surface area contributed by atoms with Crippen LogP contribution in [0.3, 0.4) is 0 Å². The summed E-state index contributed by atoms with van der Waals surface area (Å²) >= 11 is 1.88. The van der Waals surface area contributed by atoms with E-state index in [0.717, 1.165) is 18.3 Å². The van der Waals surface area contributed by atoms with Crippen molar-refractivity contribution in [3.05, 3.63) is 0 Å². The smallest absolute Gasteiger partial charge is 0.0555 e. The van der Waals surface area contributed by atoms with Crippen molar-refractivity contribution >= 4 is 11.8 Å². The average molecular weight is 163 g/mol. The molecule has 0 radical (unpaired) electrons. The fraction of sp³-hybridized carbons (Fsp3) is 1.00. The number of hydrogen-bond donors (Lipinski definition) is 2. The number of rotatable bonds is 6. The van der Waals surface area contributed by atoms with E-state index in [1.807, 2.05) is 11.8 Å². The molecule has 2 nitrogen and oxygen atoms in total. The summed E-state index contributed by atoms with van der Waals surface area (Å²) in [6.45, 7) is 4.20. The summed E-state index contributed by atoms with van der Waals surface area (Å²) in [6.07, 6.45) is 3.30. The molecule has 0 fully saturated rings. The maximum Gasteiger partial charge on any atom is 0.0555 e. The number of nitrogens with one attached hydrogen (secondary N) is 1. The molecule has 0 aromatic rings. The molecule has 1 unspecified atom stereocenters. The van der Waals surface area contributed by atoms with E-state index in [-0.39, 0.29) is 6.61 Å². The molecule has 0 rings (SSSR count). The SMILES string of the molecule is CSC(C)CCNCCO. The highest BCUT2D eigenvalue weighted by Crippen LogP contribution is 2.07. The zero-order valence-electron chi connectivity index (χ0n) is 6.76. The van der Waals surface area contributed by atoms with Crippen LogP contribution in [0.25, 0.3) is 0 Å². The lowest BCUT2D eigenvalue weighted by Gasteiger charge is -2.07. The number of aliphatic hydroxyl groups is 1. The quantitative estimate of drug-likeness (QED) is 0.566. The van der Waals surface area contributed by atoms with Crippen molar-refractivity contribution < 1.29 is 5.11 Å². The minimum absolute atomic E-state index is 0.244. The standard InChI is InChI=1S/C7H17NOS/c1-7(10-2)3-4-8-5-6-9/h7-9H,3-6H2,1-2H3. The first-order valence-electron chi connectivity index (χ1n) is 3.65. The zero-order chi connectivity index (χ0) is 7.82. The first-order valence-corrected chi connectivity index (χ1v) is 4.94. The molecule has 0 spiro atoms. The first-order chi connectivity index (χ1) is 4.81. The van der Waals surface area contributed by atoms with Crippen LogP contribution in [-0.4, -0.2) is 36.3 Å². The van der Waals surface area contributed by atoms with Crippen LogP contribution in [0, 0.1) is 0 Å². The van der Waals surface area contributed by atoms with Gasteiger partial charge in [0.25, 0.3) is 0 Å². The van der Waals surface area contributed by atoms with Gasteiger partial charge in [0.1, 0.15) is 0 Å². The van der Waals surface area contributed by atoms with E-state index in [4.69, 9.17) is 5.11 Å². The molecule has 0 amide bonds. The fourth-order valence-electron chi connectivity index (χ4n) is 0.627. The Morgan fingerprint density at radius 1 is 1.50 bits per heavy atom. The van der Waals surface area contributed by atoms with Gasteiger partial charge in [0.05, 0.1) is 6.61 Å². The maximum atomic E-state index is 8.42. The number of hydrogen-bond acceptors (Lipinski definition) is 3. The minimum atomic E-state index is 0.244. The molecule has 0 aromatic heterocycles. The molecule has 0 aliphatic carbocycles. The molecule has 0 heterocycles. The summed E-state index contributed by atoms with van der Waals surface area (Å²) in [5.74, 6) is 0. The third-order valence-electron chi connectivity index (χ3n) is 1.42. The Morgan fingerprint density at radius 3 is 2.70 bits per heavy atom. The minimum Gasteiger partial charge on any atom is -0.395 e. The lowest BCUT2D eigenvalue weighted by atomic mass is 10.3. The molecular formula is C7H17NOS. The molecule has 0 saturated carbocycles. The van der Waals surface area contributed by atoms with Crippen LogP contribution in [0.5, 0.6) is 0 Å². The molecule has 2 N–H and O–H groups in total. The van der Waals surface area contributed by atoms with Gasteiger partial charge in [0.15, 0.2) is 0 Å². The Kier molecular flexibility index (Phi) is 7.58. The normalized spacial score (nSPS) is 13.5. The van der Waals surface area contributed by atoms with Crippen molar-refractivity contribution in [2.45, 2.75) is 18.6 Å².